The molecule has 0 saturated carbocycles. The van der Waals surface area contributed by atoms with Crippen LogP contribution < -0.4 is 14.8 Å². The summed E-state index contributed by atoms with van der Waals surface area (Å²) >= 11 is 18.0. The fourth-order valence-corrected chi connectivity index (χ4v) is 3.29. The van der Waals surface area contributed by atoms with E-state index < -0.39 is 18.0 Å². The second kappa shape index (κ2) is 8.90. The van der Waals surface area contributed by atoms with Crippen molar-refractivity contribution in [2.45, 2.75) is 19.4 Å². The van der Waals surface area contributed by atoms with Gasteiger partial charge in [-0.05, 0) is 42.8 Å². The quantitative estimate of drug-likeness (QED) is 0.686. The number of nitrogens with one attached hydrogen (secondary N) is 1. The molecule has 148 valence electrons. The molecule has 0 radical (unpaired) electrons. The maximum Gasteiger partial charge on any atom is 0.311 e. The smallest absolute Gasteiger partial charge is 0.311 e. The normalized spacial score (nSPS) is 13.6. The number of hydrogen-bond acceptors (Lipinski definition) is 5. The Hall–Kier alpha value is -2.15. The van der Waals surface area contributed by atoms with E-state index in [1.165, 1.54) is 13.0 Å². The summed E-state index contributed by atoms with van der Waals surface area (Å²) in [5, 5.41) is 3.67. The Balaban J connectivity index is 1.59. The minimum absolute atomic E-state index is 0.0737. The van der Waals surface area contributed by atoms with Gasteiger partial charge < -0.3 is 19.5 Å². The molecule has 9 heteroatoms. The summed E-state index contributed by atoms with van der Waals surface area (Å²) in [6, 6.07) is 7.93. The minimum Gasteiger partial charge on any atom is -0.486 e. The first-order valence-corrected chi connectivity index (χ1v) is 9.50. The Morgan fingerprint density at radius 1 is 1.11 bits per heavy atom. The van der Waals surface area contributed by atoms with Gasteiger partial charge >= 0.3 is 5.97 Å². The molecule has 6 nitrogen and oxygen atoms in total. The molecule has 1 N–H and O–H groups in total. The Morgan fingerprint density at radius 2 is 1.86 bits per heavy atom. The molecule has 0 spiro atoms. The van der Waals surface area contributed by atoms with E-state index in [0.717, 1.165) is 0 Å². The van der Waals surface area contributed by atoms with Crippen molar-refractivity contribution in [2.75, 3.05) is 18.5 Å². The number of carbonyl (C=O) groups excluding carboxylic acids is 2. The molecule has 2 aromatic rings. The van der Waals surface area contributed by atoms with E-state index in [-0.39, 0.29) is 11.4 Å². The number of benzene rings is 2. The third kappa shape index (κ3) is 5.01. The predicted octanol–water partition coefficient (Wildman–Crippen LogP) is 4.53. The number of amides is 1. The topological polar surface area (TPSA) is 73.9 Å². The van der Waals surface area contributed by atoms with Crippen molar-refractivity contribution in [2.24, 2.45) is 0 Å². The molecule has 28 heavy (non-hydrogen) atoms. The number of carbonyl (C=O) groups is 2. The van der Waals surface area contributed by atoms with E-state index >= 15 is 0 Å². The number of halogens is 3. The van der Waals surface area contributed by atoms with Gasteiger partial charge in [-0.25, -0.2) is 0 Å². The van der Waals surface area contributed by atoms with E-state index in [1.54, 1.807) is 24.3 Å². The lowest BCUT2D eigenvalue weighted by molar-refractivity contribution is -0.152. The lowest BCUT2D eigenvalue weighted by atomic mass is 10.1. The summed E-state index contributed by atoms with van der Waals surface area (Å²) < 4.78 is 16.1. The first-order valence-electron chi connectivity index (χ1n) is 8.37. The summed E-state index contributed by atoms with van der Waals surface area (Å²) in [4.78, 5) is 24.5. The van der Waals surface area contributed by atoms with Gasteiger partial charge in [-0.1, -0.05) is 34.8 Å². The van der Waals surface area contributed by atoms with E-state index in [1.807, 2.05) is 0 Å². The van der Waals surface area contributed by atoms with Gasteiger partial charge in [0.15, 0.2) is 17.6 Å². The Bertz CT molecular complexity index is 919. The van der Waals surface area contributed by atoms with Crippen molar-refractivity contribution in [3.63, 3.8) is 0 Å². The SMILES string of the molecule is CC(OC(=O)Cc1cc(Cl)c2c(c1)OCCO2)C(=O)Nc1ccc(Cl)cc1Cl. The van der Waals surface area contributed by atoms with Crippen LogP contribution in [0.15, 0.2) is 30.3 Å². The molecular formula is C19H16Cl3NO5. The van der Waals surface area contributed by atoms with Crippen LogP contribution in [0.4, 0.5) is 5.69 Å². The second-order valence-electron chi connectivity index (χ2n) is 6.02. The molecule has 2 aromatic carbocycles. The highest BCUT2D eigenvalue weighted by molar-refractivity contribution is 6.36. The molecule has 1 amide bonds. The van der Waals surface area contributed by atoms with Gasteiger partial charge in [0.1, 0.15) is 13.2 Å². The molecule has 1 unspecified atom stereocenters. The molecule has 0 saturated heterocycles. The first-order chi connectivity index (χ1) is 13.3. The number of ether oxygens (including phenoxy) is 3. The van der Waals surface area contributed by atoms with Crippen molar-refractivity contribution >= 4 is 52.4 Å². The highest BCUT2D eigenvalue weighted by Crippen LogP contribution is 2.38. The zero-order valence-electron chi connectivity index (χ0n) is 14.8. The van der Waals surface area contributed by atoms with Gasteiger partial charge in [-0.15, -0.1) is 0 Å². The monoisotopic (exact) mass is 443 g/mol. The molecule has 0 aliphatic carbocycles. The van der Waals surface area contributed by atoms with E-state index in [0.29, 0.717) is 46.0 Å². The van der Waals surface area contributed by atoms with Gasteiger partial charge in [0.05, 0.1) is 22.2 Å². The number of hydrogen-bond donors (Lipinski definition) is 1. The number of anilines is 1. The number of rotatable bonds is 5. The Morgan fingerprint density at radius 3 is 2.61 bits per heavy atom. The fraction of sp³-hybridized carbons (Fsp3) is 0.263. The second-order valence-corrected chi connectivity index (χ2v) is 7.27. The summed E-state index contributed by atoms with van der Waals surface area (Å²) in [7, 11) is 0. The van der Waals surface area contributed by atoms with Gasteiger partial charge in [0, 0.05) is 5.02 Å². The van der Waals surface area contributed by atoms with Crippen molar-refractivity contribution in [1.29, 1.82) is 0 Å². The van der Waals surface area contributed by atoms with E-state index in [2.05, 4.69) is 5.32 Å². The van der Waals surface area contributed by atoms with Crippen LogP contribution in [-0.2, 0) is 20.7 Å². The average Bonchev–Trinajstić information content (AvgIpc) is 2.63. The molecular weight excluding hydrogens is 429 g/mol. The first kappa shape index (κ1) is 20.6. The maximum absolute atomic E-state index is 12.2. The molecule has 1 atom stereocenters. The molecule has 1 heterocycles. The predicted molar refractivity (Wildman–Crippen MR) is 107 cm³/mol. The van der Waals surface area contributed by atoms with Crippen molar-refractivity contribution in [1.82, 2.24) is 0 Å². The van der Waals surface area contributed by atoms with Crippen LogP contribution in [0.25, 0.3) is 0 Å². The van der Waals surface area contributed by atoms with Crippen molar-refractivity contribution in [3.05, 3.63) is 51.0 Å². The van der Waals surface area contributed by atoms with Gasteiger partial charge in [-0.3, -0.25) is 9.59 Å². The number of fused-ring (bicyclic) bond motifs is 1. The fourth-order valence-electron chi connectivity index (χ4n) is 2.55. The van der Waals surface area contributed by atoms with Crippen LogP contribution in [0.5, 0.6) is 11.5 Å². The minimum atomic E-state index is -1.02. The van der Waals surface area contributed by atoms with Crippen LogP contribution in [0.2, 0.25) is 15.1 Å². The summed E-state index contributed by atoms with van der Waals surface area (Å²) in [5.74, 6) is -0.169. The standard InChI is InChI=1S/C19H16Cl3NO5/c1-10(19(25)23-15-3-2-12(20)9-13(15)21)28-17(24)8-11-6-14(22)18-16(7-11)26-4-5-27-18/h2-3,6-7,9-10H,4-5,8H2,1H3,(H,23,25). The van der Waals surface area contributed by atoms with Gasteiger partial charge in [-0.2, -0.15) is 0 Å². The Labute approximate surface area is 176 Å². The zero-order chi connectivity index (χ0) is 20.3. The van der Waals surface area contributed by atoms with Crippen molar-refractivity contribution in [3.8, 4) is 11.5 Å². The maximum atomic E-state index is 12.2. The van der Waals surface area contributed by atoms with Crippen LogP contribution >= 0.6 is 34.8 Å². The lowest BCUT2D eigenvalue weighted by Crippen LogP contribution is -2.30. The largest absolute Gasteiger partial charge is 0.486 e. The highest BCUT2D eigenvalue weighted by atomic mass is 35.5. The van der Waals surface area contributed by atoms with Crippen LogP contribution in [0.3, 0.4) is 0 Å². The molecule has 1 aliphatic heterocycles. The van der Waals surface area contributed by atoms with Crippen LogP contribution in [0, 0.1) is 0 Å². The molecule has 0 aromatic heterocycles. The molecule has 0 bridgehead atoms. The Kier molecular flexibility index (Phi) is 6.54. The summed E-state index contributed by atoms with van der Waals surface area (Å²) in [6.45, 7) is 2.29. The third-order valence-electron chi connectivity index (χ3n) is 3.87. The van der Waals surface area contributed by atoms with E-state index in [4.69, 9.17) is 49.0 Å². The van der Waals surface area contributed by atoms with Crippen LogP contribution in [-0.4, -0.2) is 31.2 Å². The average molecular weight is 445 g/mol. The summed E-state index contributed by atoms with van der Waals surface area (Å²) in [5.41, 5.74) is 0.963. The molecule has 0 fully saturated rings. The van der Waals surface area contributed by atoms with Crippen LogP contribution in [0.1, 0.15) is 12.5 Å². The number of esters is 1. The van der Waals surface area contributed by atoms with Crippen molar-refractivity contribution < 1.29 is 23.8 Å². The van der Waals surface area contributed by atoms with E-state index in [9.17, 15) is 9.59 Å². The molecule has 1 aliphatic rings. The van der Waals surface area contributed by atoms with Gasteiger partial charge in [0.25, 0.3) is 5.91 Å². The third-order valence-corrected chi connectivity index (χ3v) is 4.70. The van der Waals surface area contributed by atoms with Gasteiger partial charge in [0.2, 0.25) is 0 Å². The lowest BCUT2D eigenvalue weighted by Gasteiger charge is -2.20. The summed E-state index contributed by atoms with van der Waals surface area (Å²) in [6.07, 6.45) is -1.10. The highest BCUT2D eigenvalue weighted by Gasteiger charge is 2.21. The zero-order valence-corrected chi connectivity index (χ0v) is 17.0. The molecule has 3 rings (SSSR count).